The molecule has 6 heteroatoms. The number of hydrogen-bond acceptors (Lipinski definition) is 6. The smallest absolute Gasteiger partial charge is 0.165 e. The number of fused-ring (bicyclic) bond motifs is 2. The molecule has 4 fully saturated rings. The summed E-state index contributed by atoms with van der Waals surface area (Å²) in [5.41, 5.74) is 10.5. The molecule has 0 radical (unpaired) electrons. The third kappa shape index (κ3) is 2.55. The summed E-state index contributed by atoms with van der Waals surface area (Å²) in [6.45, 7) is 2.36. The highest BCUT2D eigenvalue weighted by atomic mass is 16.6. The summed E-state index contributed by atoms with van der Waals surface area (Å²) in [5.74, 6) is 2.13. The molecule has 2 heterocycles. The Kier molecular flexibility index (Phi) is 4.63. The number of anilines is 1. The van der Waals surface area contributed by atoms with Gasteiger partial charge in [-0.3, -0.25) is 0 Å². The highest BCUT2D eigenvalue weighted by Crippen LogP contribution is 2.76. The van der Waals surface area contributed by atoms with Crippen molar-refractivity contribution in [3.05, 3.63) is 53.1 Å². The summed E-state index contributed by atoms with van der Waals surface area (Å²) >= 11 is 0. The molecule has 8 rings (SSSR count). The van der Waals surface area contributed by atoms with Crippen LogP contribution in [0.15, 0.2) is 36.4 Å². The molecule has 0 amide bonds. The fourth-order valence-electron chi connectivity index (χ4n) is 9.11. The molecule has 2 aromatic carbocycles. The molecule has 0 aromatic heterocycles. The van der Waals surface area contributed by atoms with Gasteiger partial charge in [0.15, 0.2) is 11.5 Å². The minimum atomic E-state index is -0.359. The quantitative estimate of drug-likeness (QED) is 0.637. The first-order chi connectivity index (χ1) is 17.0. The molecular formula is C29H36N2O4. The maximum Gasteiger partial charge on any atom is 0.165 e. The number of likely N-dealkylation sites (N-methyl/N-ethyl adjacent to an activating group) is 1. The van der Waals surface area contributed by atoms with E-state index in [4.69, 9.17) is 24.7 Å². The monoisotopic (exact) mass is 476 g/mol. The zero-order valence-corrected chi connectivity index (χ0v) is 21.0. The second-order valence-electron chi connectivity index (χ2n) is 11.5. The highest BCUT2D eigenvalue weighted by molar-refractivity contribution is 5.63. The molecule has 2 aliphatic heterocycles. The molecule has 6 atom stereocenters. The van der Waals surface area contributed by atoms with Crippen LogP contribution in [0.25, 0.3) is 0 Å². The zero-order valence-electron chi connectivity index (χ0n) is 21.0. The molecule has 2 N–H and O–H groups in total. The lowest BCUT2D eigenvalue weighted by Crippen LogP contribution is -2.81. The molecule has 3 saturated carbocycles. The van der Waals surface area contributed by atoms with Crippen molar-refractivity contribution in [2.45, 2.75) is 61.9 Å². The molecule has 35 heavy (non-hydrogen) atoms. The summed E-state index contributed by atoms with van der Waals surface area (Å²) in [4.78, 5) is 2.63. The van der Waals surface area contributed by atoms with Crippen molar-refractivity contribution in [2.75, 3.05) is 40.2 Å². The summed E-state index contributed by atoms with van der Waals surface area (Å²) in [7, 11) is 5.97. The van der Waals surface area contributed by atoms with Gasteiger partial charge >= 0.3 is 0 Å². The van der Waals surface area contributed by atoms with Gasteiger partial charge in [-0.05, 0) is 75.0 Å². The van der Waals surface area contributed by atoms with Crippen LogP contribution in [0.3, 0.4) is 0 Å². The maximum absolute atomic E-state index is 7.03. The van der Waals surface area contributed by atoms with Crippen molar-refractivity contribution in [2.24, 2.45) is 11.3 Å². The van der Waals surface area contributed by atoms with Crippen LogP contribution in [0.5, 0.6) is 11.5 Å². The first kappa shape index (κ1) is 22.0. The van der Waals surface area contributed by atoms with Crippen molar-refractivity contribution < 1.29 is 18.9 Å². The van der Waals surface area contributed by atoms with Gasteiger partial charge < -0.3 is 29.6 Å². The number of benzene rings is 2. The van der Waals surface area contributed by atoms with Crippen molar-refractivity contribution in [3.63, 3.8) is 0 Å². The van der Waals surface area contributed by atoms with Gasteiger partial charge in [0.1, 0.15) is 11.7 Å². The number of methoxy groups -OCH3 is 2. The lowest BCUT2D eigenvalue weighted by atomic mass is 9.35. The SMILES string of the molecule is COc1ccc2c3c1OC1C4(OC)CCC5(CC4COCc4ccc(N)cc4)C(C2)N(C)CCC315. The van der Waals surface area contributed by atoms with Gasteiger partial charge in [0, 0.05) is 41.2 Å². The zero-order chi connectivity index (χ0) is 24.0. The van der Waals surface area contributed by atoms with Crippen LogP contribution in [0.2, 0.25) is 0 Å². The summed E-state index contributed by atoms with van der Waals surface area (Å²) in [6.07, 6.45) is 5.51. The maximum atomic E-state index is 7.03. The van der Waals surface area contributed by atoms with Gasteiger partial charge in [-0.25, -0.2) is 0 Å². The van der Waals surface area contributed by atoms with E-state index in [9.17, 15) is 0 Å². The summed E-state index contributed by atoms with van der Waals surface area (Å²) < 4.78 is 25.8. The fourth-order valence-corrected chi connectivity index (χ4v) is 9.11. The Morgan fingerprint density at radius 3 is 2.69 bits per heavy atom. The number of hydrogen-bond donors (Lipinski definition) is 1. The standard InChI is InChI=1S/C29H36N2O4/c1-31-13-12-28-24-19-6-9-22(32-2)25(24)35-26(28)29(33-3)11-10-27(28,23(31)14-19)15-20(29)17-34-16-18-4-7-21(30)8-5-18/h4-9,20,23,26H,10-17,30H2,1-3H3. The summed E-state index contributed by atoms with van der Waals surface area (Å²) in [5, 5.41) is 0. The Bertz CT molecular complexity index is 1170. The number of nitrogens with two attached hydrogens (primary N) is 1. The van der Waals surface area contributed by atoms with Crippen LogP contribution in [-0.2, 0) is 27.9 Å². The normalized spacial score (nSPS) is 38.2. The van der Waals surface area contributed by atoms with E-state index in [1.54, 1.807) is 7.11 Å². The van der Waals surface area contributed by atoms with Gasteiger partial charge in [-0.2, -0.15) is 0 Å². The minimum absolute atomic E-state index is 0.00539. The van der Waals surface area contributed by atoms with E-state index in [1.165, 1.54) is 17.5 Å². The average Bonchev–Trinajstić information content (AvgIpc) is 3.24. The number of ether oxygens (including phenoxy) is 4. The van der Waals surface area contributed by atoms with Gasteiger partial charge in [-0.1, -0.05) is 18.2 Å². The van der Waals surface area contributed by atoms with E-state index >= 15 is 0 Å². The second-order valence-corrected chi connectivity index (χ2v) is 11.5. The number of rotatable bonds is 6. The third-order valence-electron chi connectivity index (χ3n) is 10.5. The van der Waals surface area contributed by atoms with Crippen LogP contribution in [0, 0.1) is 11.3 Å². The Labute approximate surface area is 207 Å². The van der Waals surface area contributed by atoms with Gasteiger partial charge in [0.2, 0.25) is 0 Å². The van der Waals surface area contributed by atoms with Crippen LogP contribution in [0.4, 0.5) is 5.69 Å². The van der Waals surface area contributed by atoms with E-state index in [2.05, 4.69) is 24.1 Å². The third-order valence-corrected chi connectivity index (χ3v) is 10.5. The van der Waals surface area contributed by atoms with Crippen LogP contribution >= 0.6 is 0 Å². The molecule has 4 bridgehead atoms. The van der Waals surface area contributed by atoms with Gasteiger partial charge in [0.05, 0.1) is 20.3 Å². The number of likely N-dealkylation sites (tertiary alicyclic amines) is 1. The summed E-state index contributed by atoms with van der Waals surface area (Å²) in [6, 6.07) is 12.9. The molecule has 6 nitrogen and oxygen atoms in total. The Morgan fingerprint density at radius 2 is 1.91 bits per heavy atom. The molecular weight excluding hydrogens is 440 g/mol. The fraction of sp³-hybridized carbons (Fsp3) is 0.586. The Hall–Kier alpha value is -2.28. The van der Waals surface area contributed by atoms with Crippen molar-refractivity contribution >= 4 is 5.69 Å². The van der Waals surface area contributed by atoms with E-state index in [-0.39, 0.29) is 28.5 Å². The lowest BCUT2D eigenvalue weighted by molar-refractivity contribution is -0.282. The predicted molar refractivity (Wildman–Crippen MR) is 134 cm³/mol. The van der Waals surface area contributed by atoms with Crippen LogP contribution in [-0.4, -0.2) is 57.1 Å². The molecule has 2 spiro atoms. The van der Waals surface area contributed by atoms with E-state index in [0.29, 0.717) is 19.3 Å². The van der Waals surface area contributed by atoms with Gasteiger partial charge in [-0.15, -0.1) is 0 Å². The van der Waals surface area contributed by atoms with Crippen molar-refractivity contribution in [1.82, 2.24) is 4.90 Å². The van der Waals surface area contributed by atoms with E-state index in [0.717, 1.165) is 55.0 Å². The number of nitrogens with zero attached hydrogens (tertiary/aromatic N) is 1. The van der Waals surface area contributed by atoms with E-state index in [1.807, 2.05) is 31.4 Å². The molecule has 6 unspecified atom stereocenters. The minimum Gasteiger partial charge on any atom is -0.493 e. The first-order valence-electron chi connectivity index (χ1n) is 13.0. The first-order valence-corrected chi connectivity index (χ1v) is 13.0. The Balaban J connectivity index is 1.30. The molecule has 2 aromatic rings. The molecule has 6 aliphatic rings. The van der Waals surface area contributed by atoms with Crippen molar-refractivity contribution in [3.8, 4) is 11.5 Å². The number of nitrogen functional groups attached to an aromatic ring is 1. The van der Waals surface area contributed by atoms with E-state index < -0.39 is 0 Å². The second kappa shape index (κ2) is 7.37. The Morgan fingerprint density at radius 1 is 1.09 bits per heavy atom. The topological polar surface area (TPSA) is 66.2 Å². The lowest BCUT2D eigenvalue weighted by Gasteiger charge is -2.73. The van der Waals surface area contributed by atoms with Crippen molar-refractivity contribution in [1.29, 1.82) is 0 Å². The average molecular weight is 477 g/mol. The van der Waals surface area contributed by atoms with Crippen LogP contribution < -0.4 is 15.2 Å². The molecule has 1 saturated heterocycles. The molecule has 186 valence electrons. The largest absolute Gasteiger partial charge is 0.493 e. The van der Waals surface area contributed by atoms with Crippen LogP contribution in [0.1, 0.15) is 42.4 Å². The van der Waals surface area contributed by atoms with Gasteiger partial charge in [0.25, 0.3) is 0 Å². The number of piperidine rings is 1. The molecule has 4 aliphatic carbocycles. The predicted octanol–water partition coefficient (Wildman–Crippen LogP) is 3.94. The highest BCUT2D eigenvalue weighted by Gasteiger charge is 2.80.